The van der Waals surface area contributed by atoms with Crippen molar-refractivity contribution in [2.24, 2.45) is 5.73 Å². The van der Waals surface area contributed by atoms with E-state index in [0.717, 1.165) is 0 Å². The predicted octanol–water partition coefficient (Wildman–Crippen LogP) is 2.26. The zero-order valence-electron chi connectivity index (χ0n) is 9.15. The Morgan fingerprint density at radius 2 is 1.80 bits per heavy atom. The molecule has 0 aliphatic carbocycles. The molecule has 1 atom stereocenters. The zero-order chi connectivity index (χ0) is 10.7. The van der Waals surface area contributed by atoms with Crippen LogP contribution in [-0.2, 0) is 0 Å². The molecule has 1 heterocycles. The minimum absolute atomic E-state index is 0.135. The molecule has 1 fully saturated rings. The quantitative estimate of drug-likeness (QED) is 0.832. The van der Waals surface area contributed by atoms with E-state index in [1.165, 1.54) is 35.8 Å². The maximum Gasteiger partial charge on any atom is 0.0366 e. The van der Waals surface area contributed by atoms with Gasteiger partial charge >= 0.3 is 0 Å². The van der Waals surface area contributed by atoms with Gasteiger partial charge in [0.05, 0.1) is 0 Å². The van der Waals surface area contributed by atoms with Gasteiger partial charge in [-0.3, -0.25) is 0 Å². The largest absolute Gasteiger partial charge is 0.370 e. The van der Waals surface area contributed by atoms with Crippen LogP contribution in [0.3, 0.4) is 0 Å². The van der Waals surface area contributed by atoms with Gasteiger partial charge in [0.15, 0.2) is 0 Å². The van der Waals surface area contributed by atoms with Crippen LogP contribution in [0.1, 0.15) is 18.5 Å². The molecule has 82 valence electrons. The molecule has 1 aromatic rings. The van der Waals surface area contributed by atoms with Crippen LogP contribution in [0.4, 0.5) is 5.69 Å². The van der Waals surface area contributed by atoms with E-state index in [-0.39, 0.29) is 6.04 Å². The Bertz CT molecular complexity index is 302. The van der Waals surface area contributed by atoms with Gasteiger partial charge in [-0.05, 0) is 24.6 Å². The molecule has 0 amide bonds. The number of thioether (sulfide) groups is 1. The van der Waals surface area contributed by atoms with E-state index in [2.05, 4.69) is 29.2 Å². The van der Waals surface area contributed by atoms with Gasteiger partial charge in [-0.1, -0.05) is 12.1 Å². The van der Waals surface area contributed by atoms with Crippen molar-refractivity contribution in [3.05, 3.63) is 29.8 Å². The van der Waals surface area contributed by atoms with Gasteiger partial charge < -0.3 is 10.6 Å². The average molecular weight is 222 g/mol. The highest BCUT2D eigenvalue weighted by Crippen LogP contribution is 2.21. The SMILES string of the molecule is CC(N)c1ccc(N2CCSCC2)cc1. The van der Waals surface area contributed by atoms with Crippen LogP contribution in [0.15, 0.2) is 24.3 Å². The summed E-state index contributed by atoms with van der Waals surface area (Å²) in [6.45, 7) is 4.36. The summed E-state index contributed by atoms with van der Waals surface area (Å²) >= 11 is 2.04. The summed E-state index contributed by atoms with van der Waals surface area (Å²) in [5.74, 6) is 2.49. The van der Waals surface area contributed by atoms with Crippen LogP contribution in [-0.4, -0.2) is 24.6 Å². The number of hydrogen-bond acceptors (Lipinski definition) is 3. The molecule has 0 aromatic heterocycles. The Balaban J connectivity index is 2.08. The second kappa shape index (κ2) is 4.90. The average Bonchev–Trinajstić information content (AvgIpc) is 2.30. The number of benzene rings is 1. The predicted molar refractivity (Wildman–Crippen MR) is 68.6 cm³/mol. The molecule has 2 nitrogen and oxygen atoms in total. The molecule has 0 spiro atoms. The van der Waals surface area contributed by atoms with Crippen LogP contribution in [0, 0.1) is 0 Å². The first-order valence-corrected chi connectivity index (χ1v) is 6.61. The number of hydrogen-bond donors (Lipinski definition) is 1. The van der Waals surface area contributed by atoms with Gasteiger partial charge in [-0.25, -0.2) is 0 Å². The van der Waals surface area contributed by atoms with E-state index in [0.29, 0.717) is 0 Å². The number of nitrogens with zero attached hydrogens (tertiary/aromatic N) is 1. The van der Waals surface area contributed by atoms with Crippen LogP contribution in [0.25, 0.3) is 0 Å². The second-order valence-corrected chi connectivity index (χ2v) is 5.20. The summed E-state index contributed by atoms with van der Waals surface area (Å²) in [6.07, 6.45) is 0. The molecule has 0 saturated carbocycles. The summed E-state index contributed by atoms with van der Waals surface area (Å²) in [4.78, 5) is 2.45. The van der Waals surface area contributed by atoms with Crippen molar-refractivity contribution in [3.8, 4) is 0 Å². The molecule has 0 bridgehead atoms. The van der Waals surface area contributed by atoms with Crippen LogP contribution in [0.5, 0.6) is 0 Å². The van der Waals surface area contributed by atoms with Crippen molar-refractivity contribution in [1.29, 1.82) is 0 Å². The third kappa shape index (κ3) is 2.67. The zero-order valence-corrected chi connectivity index (χ0v) is 9.96. The van der Waals surface area contributed by atoms with E-state index in [4.69, 9.17) is 5.73 Å². The van der Waals surface area contributed by atoms with Crippen molar-refractivity contribution in [2.75, 3.05) is 29.5 Å². The highest BCUT2D eigenvalue weighted by atomic mass is 32.2. The van der Waals surface area contributed by atoms with Crippen molar-refractivity contribution in [3.63, 3.8) is 0 Å². The molecule has 15 heavy (non-hydrogen) atoms. The first-order chi connectivity index (χ1) is 7.27. The minimum atomic E-state index is 0.135. The van der Waals surface area contributed by atoms with Crippen molar-refractivity contribution < 1.29 is 0 Å². The Hall–Kier alpha value is -0.670. The molecule has 0 radical (unpaired) electrons. The van der Waals surface area contributed by atoms with Crippen molar-refractivity contribution in [2.45, 2.75) is 13.0 Å². The first-order valence-electron chi connectivity index (χ1n) is 5.45. The van der Waals surface area contributed by atoms with E-state index in [1.54, 1.807) is 0 Å². The minimum Gasteiger partial charge on any atom is -0.370 e. The third-order valence-electron chi connectivity index (χ3n) is 2.80. The summed E-state index contributed by atoms with van der Waals surface area (Å²) in [5.41, 5.74) is 8.37. The molecule has 3 heteroatoms. The van der Waals surface area contributed by atoms with E-state index < -0.39 is 0 Å². The molecular weight excluding hydrogens is 204 g/mol. The Labute approximate surface area is 95.8 Å². The normalized spacial score (nSPS) is 18.9. The fourth-order valence-electron chi connectivity index (χ4n) is 1.81. The summed E-state index contributed by atoms with van der Waals surface area (Å²) < 4.78 is 0. The summed E-state index contributed by atoms with van der Waals surface area (Å²) in [7, 11) is 0. The Morgan fingerprint density at radius 1 is 1.20 bits per heavy atom. The van der Waals surface area contributed by atoms with E-state index in [9.17, 15) is 0 Å². The van der Waals surface area contributed by atoms with Crippen LogP contribution in [0.2, 0.25) is 0 Å². The third-order valence-corrected chi connectivity index (χ3v) is 3.74. The summed E-state index contributed by atoms with van der Waals surface area (Å²) in [5, 5.41) is 0. The van der Waals surface area contributed by atoms with Gasteiger partial charge in [0.2, 0.25) is 0 Å². The fourth-order valence-corrected chi connectivity index (χ4v) is 2.71. The smallest absolute Gasteiger partial charge is 0.0366 e. The van der Waals surface area contributed by atoms with E-state index >= 15 is 0 Å². The van der Waals surface area contributed by atoms with Crippen LogP contribution < -0.4 is 10.6 Å². The van der Waals surface area contributed by atoms with Crippen molar-refractivity contribution >= 4 is 17.4 Å². The molecular formula is C12H18N2S. The lowest BCUT2D eigenvalue weighted by molar-refractivity contribution is 0.815. The van der Waals surface area contributed by atoms with Gasteiger partial charge in [-0.2, -0.15) is 11.8 Å². The Kier molecular flexibility index (Phi) is 3.54. The maximum atomic E-state index is 5.83. The highest BCUT2D eigenvalue weighted by Gasteiger charge is 2.10. The highest BCUT2D eigenvalue weighted by molar-refractivity contribution is 7.99. The molecule has 1 saturated heterocycles. The lowest BCUT2D eigenvalue weighted by Gasteiger charge is -2.28. The standard InChI is InChI=1S/C12H18N2S/c1-10(13)11-2-4-12(5-3-11)14-6-8-15-9-7-14/h2-5,10H,6-9,13H2,1H3. The topological polar surface area (TPSA) is 29.3 Å². The monoisotopic (exact) mass is 222 g/mol. The van der Waals surface area contributed by atoms with E-state index in [1.807, 2.05) is 18.7 Å². The second-order valence-electron chi connectivity index (χ2n) is 3.98. The molecule has 2 N–H and O–H groups in total. The number of rotatable bonds is 2. The fraction of sp³-hybridized carbons (Fsp3) is 0.500. The van der Waals surface area contributed by atoms with Crippen LogP contribution >= 0.6 is 11.8 Å². The molecule has 1 unspecified atom stereocenters. The van der Waals surface area contributed by atoms with Gasteiger partial charge in [-0.15, -0.1) is 0 Å². The molecule has 1 aliphatic heterocycles. The maximum absolute atomic E-state index is 5.83. The Morgan fingerprint density at radius 3 is 2.33 bits per heavy atom. The van der Waals surface area contributed by atoms with Gasteiger partial charge in [0.1, 0.15) is 0 Å². The molecule has 1 aromatic carbocycles. The van der Waals surface area contributed by atoms with Gasteiger partial charge in [0.25, 0.3) is 0 Å². The van der Waals surface area contributed by atoms with Gasteiger partial charge in [0, 0.05) is 36.3 Å². The summed E-state index contributed by atoms with van der Waals surface area (Å²) in [6, 6.07) is 8.79. The lowest BCUT2D eigenvalue weighted by Crippen LogP contribution is -2.32. The van der Waals surface area contributed by atoms with Crippen molar-refractivity contribution in [1.82, 2.24) is 0 Å². The lowest BCUT2D eigenvalue weighted by atomic mass is 10.1. The first kappa shape index (κ1) is 10.8. The molecule has 2 rings (SSSR count). The number of anilines is 1. The molecule has 1 aliphatic rings. The number of nitrogens with two attached hydrogens (primary N) is 1.